The van der Waals surface area contributed by atoms with Crippen LogP contribution in [0.3, 0.4) is 0 Å². The van der Waals surface area contributed by atoms with Gasteiger partial charge >= 0.3 is 0 Å². The predicted molar refractivity (Wildman–Crippen MR) is 90.5 cm³/mol. The lowest BCUT2D eigenvalue weighted by atomic mass is 9.81. The van der Waals surface area contributed by atoms with Gasteiger partial charge in [-0.05, 0) is 61.1 Å². The molecule has 0 amide bonds. The highest BCUT2D eigenvalue weighted by Gasteiger charge is 2.27. The Kier molecular flexibility index (Phi) is 5.07. The van der Waals surface area contributed by atoms with E-state index in [2.05, 4.69) is 47.2 Å². The minimum Gasteiger partial charge on any atom is -0.271 e. The maximum Gasteiger partial charge on any atom is 0.0279 e. The zero-order chi connectivity index (χ0) is 14.5. The van der Waals surface area contributed by atoms with Crippen LogP contribution in [0.4, 0.5) is 0 Å². The largest absolute Gasteiger partial charge is 0.271 e. The van der Waals surface area contributed by atoms with E-state index < -0.39 is 0 Å². The summed E-state index contributed by atoms with van der Waals surface area (Å²) in [5.74, 6) is 6.46. The van der Waals surface area contributed by atoms with Gasteiger partial charge in [-0.3, -0.25) is 11.3 Å². The van der Waals surface area contributed by atoms with Gasteiger partial charge in [0.15, 0.2) is 0 Å². The summed E-state index contributed by atoms with van der Waals surface area (Å²) >= 11 is 1.91. The van der Waals surface area contributed by atoms with Gasteiger partial charge in [-0.1, -0.05) is 30.3 Å². The van der Waals surface area contributed by atoms with Gasteiger partial charge in [-0.2, -0.15) is 0 Å². The zero-order valence-electron chi connectivity index (χ0n) is 12.4. The standard InChI is InChI=1S/C18H24N2S/c19-20-17(10-4-8-14-6-2-1-3-7-14)15-9-5-11-18-16(15)12-13-21-18/h1-3,6-7,12-13,15,17,20H,4-5,8-11,19H2. The van der Waals surface area contributed by atoms with E-state index >= 15 is 0 Å². The average Bonchev–Trinajstić information content (AvgIpc) is 3.01. The van der Waals surface area contributed by atoms with Crippen molar-refractivity contribution in [3.05, 3.63) is 57.8 Å². The fraction of sp³-hybridized carbons (Fsp3) is 0.444. The molecule has 2 nitrogen and oxygen atoms in total. The summed E-state index contributed by atoms with van der Waals surface area (Å²) in [5.41, 5.74) is 6.07. The Hall–Kier alpha value is -1.16. The molecule has 0 bridgehead atoms. The molecule has 1 aromatic carbocycles. The predicted octanol–water partition coefficient (Wildman–Crippen LogP) is 4.02. The Bertz CT molecular complexity index is 549. The molecule has 1 heterocycles. The zero-order valence-corrected chi connectivity index (χ0v) is 13.2. The van der Waals surface area contributed by atoms with Crippen LogP contribution in [0.5, 0.6) is 0 Å². The van der Waals surface area contributed by atoms with Gasteiger partial charge in [0, 0.05) is 16.8 Å². The van der Waals surface area contributed by atoms with Gasteiger partial charge in [-0.25, -0.2) is 0 Å². The quantitative estimate of drug-likeness (QED) is 0.624. The summed E-state index contributed by atoms with van der Waals surface area (Å²) in [7, 11) is 0. The SMILES string of the molecule is NNC(CCCc1ccccc1)C1CCCc2sccc21. The van der Waals surface area contributed by atoms with Crippen molar-refractivity contribution in [2.75, 3.05) is 0 Å². The summed E-state index contributed by atoms with van der Waals surface area (Å²) in [4.78, 5) is 1.58. The van der Waals surface area contributed by atoms with E-state index in [9.17, 15) is 0 Å². The molecule has 0 radical (unpaired) electrons. The fourth-order valence-electron chi connectivity index (χ4n) is 3.51. The first-order valence-corrected chi connectivity index (χ1v) is 8.83. The van der Waals surface area contributed by atoms with E-state index in [1.807, 2.05) is 11.3 Å². The molecular weight excluding hydrogens is 276 g/mol. The number of aryl methyl sites for hydroxylation is 2. The van der Waals surface area contributed by atoms with Crippen molar-refractivity contribution in [3.63, 3.8) is 0 Å². The van der Waals surface area contributed by atoms with Gasteiger partial charge in [0.25, 0.3) is 0 Å². The molecule has 2 atom stereocenters. The Morgan fingerprint density at radius 3 is 2.90 bits per heavy atom. The van der Waals surface area contributed by atoms with Crippen LogP contribution in [-0.4, -0.2) is 6.04 Å². The topological polar surface area (TPSA) is 38.0 Å². The summed E-state index contributed by atoms with van der Waals surface area (Å²) in [6, 6.07) is 13.5. The van der Waals surface area contributed by atoms with Crippen LogP contribution in [0.2, 0.25) is 0 Å². The van der Waals surface area contributed by atoms with Crippen LogP contribution in [0.25, 0.3) is 0 Å². The molecule has 1 aliphatic rings. The highest BCUT2D eigenvalue weighted by atomic mass is 32.1. The van der Waals surface area contributed by atoms with Crippen molar-refractivity contribution < 1.29 is 0 Å². The molecule has 3 rings (SSSR count). The second-order valence-electron chi connectivity index (χ2n) is 5.95. The third-order valence-electron chi connectivity index (χ3n) is 4.62. The highest BCUT2D eigenvalue weighted by molar-refractivity contribution is 7.10. The number of rotatable bonds is 6. The summed E-state index contributed by atoms with van der Waals surface area (Å²) in [5, 5.41) is 2.24. The maximum absolute atomic E-state index is 5.86. The Morgan fingerprint density at radius 1 is 1.24 bits per heavy atom. The van der Waals surface area contributed by atoms with Gasteiger partial charge < -0.3 is 0 Å². The number of hydrogen-bond acceptors (Lipinski definition) is 3. The van der Waals surface area contributed by atoms with Crippen LogP contribution in [0, 0.1) is 0 Å². The molecule has 0 aliphatic heterocycles. The second kappa shape index (κ2) is 7.21. The molecule has 0 saturated heterocycles. The lowest BCUT2D eigenvalue weighted by Gasteiger charge is -2.30. The number of fused-ring (bicyclic) bond motifs is 1. The molecule has 0 spiro atoms. The van der Waals surface area contributed by atoms with Crippen molar-refractivity contribution in [1.82, 2.24) is 5.43 Å². The van der Waals surface area contributed by atoms with Crippen LogP contribution < -0.4 is 11.3 Å². The third kappa shape index (κ3) is 3.54. The monoisotopic (exact) mass is 300 g/mol. The minimum absolute atomic E-state index is 0.405. The Balaban J connectivity index is 1.59. The molecule has 1 aliphatic carbocycles. The van der Waals surface area contributed by atoms with E-state index in [0.717, 1.165) is 12.8 Å². The molecule has 0 saturated carbocycles. The number of nitrogens with two attached hydrogens (primary N) is 1. The number of hydrazine groups is 1. The van der Waals surface area contributed by atoms with Crippen molar-refractivity contribution in [3.8, 4) is 0 Å². The number of nitrogens with one attached hydrogen (secondary N) is 1. The molecule has 2 unspecified atom stereocenters. The van der Waals surface area contributed by atoms with Crippen molar-refractivity contribution in [2.45, 2.75) is 50.5 Å². The molecule has 3 N–H and O–H groups in total. The first-order chi connectivity index (χ1) is 10.4. The summed E-state index contributed by atoms with van der Waals surface area (Å²) in [6.07, 6.45) is 7.30. The van der Waals surface area contributed by atoms with E-state index in [1.165, 1.54) is 31.2 Å². The smallest absolute Gasteiger partial charge is 0.0279 e. The van der Waals surface area contributed by atoms with Crippen molar-refractivity contribution in [1.29, 1.82) is 0 Å². The summed E-state index contributed by atoms with van der Waals surface area (Å²) < 4.78 is 0. The fourth-order valence-corrected chi connectivity index (χ4v) is 4.51. The highest BCUT2D eigenvalue weighted by Crippen LogP contribution is 2.37. The van der Waals surface area contributed by atoms with Crippen LogP contribution >= 0.6 is 11.3 Å². The van der Waals surface area contributed by atoms with Crippen molar-refractivity contribution in [2.24, 2.45) is 5.84 Å². The maximum atomic E-state index is 5.86. The van der Waals surface area contributed by atoms with Crippen LogP contribution in [0.15, 0.2) is 41.8 Å². The first kappa shape index (κ1) is 14.8. The van der Waals surface area contributed by atoms with E-state index in [4.69, 9.17) is 5.84 Å². The molecule has 1 aromatic heterocycles. The lowest BCUT2D eigenvalue weighted by Crippen LogP contribution is -2.40. The molecule has 21 heavy (non-hydrogen) atoms. The third-order valence-corrected chi connectivity index (χ3v) is 5.62. The molecule has 3 heteroatoms. The van der Waals surface area contributed by atoms with Crippen LogP contribution in [0.1, 0.15) is 47.6 Å². The van der Waals surface area contributed by atoms with Gasteiger partial charge in [0.05, 0.1) is 0 Å². The van der Waals surface area contributed by atoms with Crippen molar-refractivity contribution >= 4 is 11.3 Å². The van der Waals surface area contributed by atoms with E-state index in [-0.39, 0.29) is 0 Å². The van der Waals surface area contributed by atoms with Gasteiger partial charge in [-0.15, -0.1) is 11.3 Å². The average molecular weight is 300 g/mol. The molecular formula is C18H24N2S. The van der Waals surface area contributed by atoms with E-state index in [1.54, 1.807) is 10.4 Å². The molecule has 112 valence electrons. The first-order valence-electron chi connectivity index (χ1n) is 7.95. The number of thiophene rings is 1. The molecule has 0 fully saturated rings. The summed E-state index contributed by atoms with van der Waals surface area (Å²) in [6.45, 7) is 0. The Labute approximate surface area is 131 Å². The van der Waals surface area contributed by atoms with Gasteiger partial charge in [0.2, 0.25) is 0 Å². The van der Waals surface area contributed by atoms with Crippen LogP contribution in [-0.2, 0) is 12.8 Å². The lowest BCUT2D eigenvalue weighted by molar-refractivity contribution is 0.373. The van der Waals surface area contributed by atoms with E-state index in [0.29, 0.717) is 12.0 Å². The minimum atomic E-state index is 0.405. The normalized spacial score (nSPS) is 19.2. The number of benzene rings is 1. The van der Waals surface area contributed by atoms with Gasteiger partial charge in [0.1, 0.15) is 0 Å². The molecule has 2 aromatic rings. The number of hydrogen-bond donors (Lipinski definition) is 2. The Morgan fingerprint density at radius 2 is 2.10 bits per heavy atom. The second-order valence-corrected chi connectivity index (χ2v) is 6.95.